The molecule has 0 bridgehead atoms. The fraction of sp³-hybridized carbons (Fsp3) is 1.00. The Bertz CT molecular complexity index is 159. The summed E-state index contributed by atoms with van der Waals surface area (Å²) in [7, 11) is 0. The molecule has 13 heavy (non-hydrogen) atoms. The van der Waals surface area contributed by atoms with Crippen molar-refractivity contribution in [2.24, 2.45) is 0 Å². The molecule has 78 valence electrons. The molecule has 0 amide bonds. The molecule has 1 aliphatic rings. The second-order valence-electron chi connectivity index (χ2n) is 4.55. The molecule has 0 spiro atoms. The molecule has 3 heteroatoms. The van der Waals surface area contributed by atoms with Crippen LogP contribution in [0.15, 0.2) is 0 Å². The molecule has 0 aromatic rings. The first kappa shape index (κ1) is 11.3. The number of hydrogen-bond acceptors (Lipinski definition) is 3. The van der Waals surface area contributed by atoms with Crippen molar-refractivity contribution >= 4 is 11.8 Å². The van der Waals surface area contributed by atoms with E-state index in [0.29, 0.717) is 10.8 Å². The van der Waals surface area contributed by atoms with Crippen LogP contribution in [-0.2, 0) is 0 Å². The van der Waals surface area contributed by atoms with Crippen molar-refractivity contribution in [1.29, 1.82) is 0 Å². The standard InChI is InChI=1S/C10H22N2S/c1-9-7-12(6-5-11-9)8-10(2,3)13-4/h9,11H,5-8H2,1-4H3. The van der Waals surface area contributed by atoms with E-state index in [0.717, 1.165) is 6.54 Å². The maximum absolute atomic E-state index is 3.47. The van der Waals surface area contributed by atoms with Gasteiger partial charge in [0.05, 0.1) is 0 Å². The van der Waals surface area contributed by atoms with Crippen LogP contribution < -0.4 is 5.32 Å². The first-order chi connectivity index (χ1) is 6.03. The molecule has 1 aliphatic heterocycles. The molecule has 0 aromatic heterocycles. The Morgan fingerprint density at radius 2 is 2.23 bits per heavy atom. The molecule has 1 heterocycles. The second-order valence-corrected chi connectivity index (χ2v) is 6.07. The fourth-order valence-electron chi connectivity index (χ4n) is 1.76. The minimum absolute atomic E-state index is 0.400. The van der Waals surface area contributed by atoms with Crippen LogP contribution in [0.3, 0.4) is 0 Å². The summed E-state index contributed by atoms with van der Waals surface area (Å²) in [6, 6.07) is 0.659. The third kappa shape index (κ3) is 3.88. The maximum Gasteiger partial charge on any atom is 0.0227 e. The molecule has 2 nitrogen and oxygen atoms in total. The monoisotopic (exact) mass is 202 g/mol. The fourth-order valence-corrected chi connectivity index (χ4v) is 2.07. The maximum atomic E-state index is 3.47. The van der Waals surface area contributed by atoms with Crippen LogP contribution in [0.2, 0.25) is 0 Å². The van der Waals surface area contributed by atoms with Gasteiger partial charge in [0, 0.05) is 37.0 Å². The zero-order valence-electron chi connectivity index (χ0n) is 9.26. The van der Waals surface area contributed by atoms with Crippen LogP contribution in [-0.4, -0.2) is 48.1 Å². The lowest BCUT2D eigenvalue weighted by atomic mass is 10.1. The van der Waals surface area contributed by atoms with Crippen molar-refractivity contribution in [3.8, 4) is 0 Å². The van der Waals surface area contributed by atoms with E-state index in [2.05, 4.69) is 37.2 Å². The van der Waals surface area contributed by atoms with Gasteiger partial charge in [0.15, 0.2) is 0 Å². The van der Waals surface area contributed by atoms with Gasteiger partial charge in [-0.1, -0.05) is 0 Å². The van der Waals surface area contributed by atoms with Crippen molar-refractivity contribution in [2.45, 2.75) is 31.6 Å². The highest BCUT2D eigenvalue weighted by Gasteiger charge is 2.23. The third-order valence-electron chi connectivity index (χ3n) is 2.61. The molecule has 1 N–H and O–H groups in total. The van der Waals surface area contributed by atoms with E-state index in [1.807, 2.05) is 11.8 Å². The number of thioether (sulfide) groups is 1. The zero-order chi connectivity index (χ0) is 9.90. The van der Waals surface area contributed by atoms with Crippen LogP contribution in [0, 0.1) is 0 Å². The molecule has 1 fully saturated rings. The number of piperazine rings is 1. The van der Waals surface area contributed by atoms with Crippen molar-refractivity contribution in [2.75, 3.05) is 32.4 Å². The summed E-state index contributed by atoms with van der Waals surface area (Å²) in [6.07, 6.45) is 2.20. The van der Waals surface area contributed by atoms with E-state index in [1.165, 1.54) is 19.6 Å². The van der Waals surface area contributed by atoms with Crippen molar-refractivity contribution in [3.05, 3.63) is 0 Å². The summed E-state index contributed by atoms with van der Waals surface area (Å²) < 4.78 is 0.400. The normalized spacial score (nSPS) is 26.3. The topological polar surface area (TPSA) is 15.3 Å². The van der Waals surface area contributed by atoms with Gasteiger partial charge in [-0.25, -0.2) is 0 Å². The lowest BCUT2D eigenvalue weighted by Crippen LogP contribution is -2.52. The van der Waals surface area contributed by atoms with E-state index in [4.69, 9.17) is 0 Å². The van der Waals surface area contributed by atoms with E-state index in [1.54, 1.807) is 0 Å². The van der Waals surface area contributed by atoms with Crippen molar-refractivity contribution < 1.29 is 0 Å². The van der Waals surface area contributed by atoms with Gasteiger partial charge in [-0.2, -0.15) is 11.8 Å². The summed E-state index contributed by atoms with van der Waals surface area (Å²) in [5.74, 6) is 0. The zero-order valence-corrected chi connectivity index (χ0v) is 10.1. The number of nitrogens with zero attached hydrogens (tertiary/aromatic N) is 1. The number of rotatable bonds is 3. The van der Waals surface area contributed by atoms with Gasteiger partial charge in [-0.05, 0) is 27.0 Å². The van der Waals surface area contributed by atoms with Crippen LogP contribution in [0.1, 0.15) is 20.8 Å². The Labute approximate surface area is 86.5 Å². The van der Waals surface area contributed by atoms with Gasteiger partial charge in [-0.3, -0.25) is 4.90 Å². The average Bonchev–Trinajstić information content (AvgIpc) is 2.03. The van der Waals surface area contributed by atoms with Gasteiger partial charge in [-0.15, -0.1) is 0 Å². The minimum atomic E-state index is 0.400. The summed E-state index contributed by atoms with van der Waals surface area (Å²) >= 11 is 1.96. The number of hydrogen-bond donors (Lipinski definition) is 1. The van der Waals surface area contributed by atoms with Crippen LogP contribution in [0.4, 0.5) is 0 Å². The smallest absolute Gasteiger partial charge is 0.0227 e. The summed E-state index contributed by atoms with van der Waals surface area (Å²) in [5.41, 5.74) is 0. The molecule has 1 rings (SSSR count). The molecule has 0 radical (unpaired) electrons. The molecule has 0 aromatic carbocycles. The van der Waals surface area contributed by atoms with Gasteiger partial charge in [0.25, 0.3) is 0 Å². The SMILES string of the molecule is CSC(C)(C)CN1CCNC(C)C1. The Hall–Kier alpha value is 0.270. The highest BCUT2D eigenvalue weighted by atomic mass is 32.2. The van der Waals surface area contributed by atoms with Crippen LogP contribution in [0.25, 0.3) is 0 Å². The predicted octanol–water partition coefficient (Wildman–Crippen LogP) is 1.42. The summed E-state index contributed by atoms with van der Waals surface area (Å²) in [4.78, 5) is 2.57. The summed E-state index contributed by atoms with van der Waals surface area (Å²) in [6.45, 7) is 11.7. The minimum Gasteiger partial charge on any atom is -0.312 e. The van der Waals surface area contributed by atoms with Gasteiger partial charge in [0.1, 0.15) is 0 Å². The van der Waals surface area contributed by atoms with Crippen molar-refractivity contribution in [3.63, 3.8) is 0 Å². The van der Waals surface area contributed by atoms with Crippen LogP contribution in [0.5, 0.6) is 0 Å². The Morgan fingerprint density at radius 1 is 1.54 bits per heavy atom. The third-order valence-corrected chi connectivity index (χ3v) is 3.84. The lowest BCUT2D eigenvalue weighted by Gasteiger charge is -2.36. The van der Waals surface area contributed by atoms with E-state index in [9.17, 15) is 0 Å². The highest BCUT2D eigenvalue weighted by molar-refractivity contribution is 7.99. The Morgan fingerprint density at radius 3 is 2.77 bits per heavy atom. The average molecular weight is 202 g/mol. The molecule has 1 saturated heterocycles. The molecule has 0 aliphatic carbocycles. The quantitative estimate of drug-likeness (QED) is 0.745. The van der Waals surface area contributed by atoms with E-state index < -0.39 is 0 Å². The molecule has 1 atom stereocenters. The molecular weight excluding hydrogens is 180 g/mol. The van der Waals surface area contributed by atoms with Gasteiger partial charge >= 0.3 is 0 Å². The Balaban J connectivity index is 2.35. The van der Waals surface area contributed by atoms with Gasteiger partial charge < -0.3 is 5.32 Å². The van der Waals surface area contributed by atoms with Crippen LogP contribution >= 0.6 is 11.8 Å². The summed E-state index contributed by atoms with van der Waals surface area (Å²) in [5, 5.41) is 3.47. The van der Waals surface area contributed by atoms with E-state index in [-0.39, 0.29) is 0 Å². The largest absolute Gasteiger partial charge is 0.312 e. The lowest BCUT2D eigenvalue weighted by molar-refractivity contribution is 0.195. The van der Waals surface area contributed by atoms with Crippen molar-refractivity contribution in [1.82, 2.24) is 10.2 Å². The molecule has 1 unspecified atom stereocenters. The first-order valence-corrected chi connectivity index (χ1v) is 6.27. The predicted molar refractivity (Wildman–Crippen MR) is 61.5 cm³/mol. The van der Waals surface area contributed by atoms with Gasteiger partial charge in [0.2, 0.25) is 0 Å². The van der Waals surface area contributed by atoms with E-state index >= 15 is 0 Å². The molecule has 0 saturated carbocycles. The molecular formula is C10H22N2S. The first-order valence-electron chi connectivity index (χ1n) is 5.04. The number of nitrogens with one attached hydrogen (secondary N) is 1. The highest BCUT2D eigenvalue weighted by Crippen LogP contribution is 2.22. The second kappa shape index (κ2) is 4.67. The Kier molecular flexibility index (Phi) is 4.07.